The lowest BCUT2D eigenvalue weighted by Crippen LogP contribution is -2.32. The third-order valence-electron chi connectivity index (χ3n) is 3.16. The molecule has 7 nitrogen and oxygen atoms in total. The van der Waals surface area contributed by atoms with Gasteiger partial charge in [-0.05, 0) is 44.0 Å². The van der Waals surface area contributed by atoms with Gasteiger partial charge in [-0.15, -0.1) is 0 Å². The van der Waals surface area contributed by atoms with Gasteiger partial charge in [-0.2, -0.15) is 4.31 Å². The maximum absolute atomic E-state index is 12.6. The fraction of sp³-hybridized carbons (Fsp3) is 0.500. The Balaban J connectivity index is 2.89. The molecule has 0 radical (unpaired) electrons. The van der Waals surface area contributed by atoms with Crippen molar-refractivity contribution in [3.8, 4) is 0 Å². The summed E-state index contributed by atoms with van der Waals surface area (Å²) < 4.78 is 31.2. The van der Waals surface area contributed by atoms with Crippen molar-refractivity contribution in [2.24, 2.45) is 0 Å². The Morgan fingerprint density at radius 1 is 1.04 bits per heavy atom. The molecule has 8 heteroatoms. The molecule has 0 spiro atoms. The van der Waals surface area contributed by atoms with Crippen LogP contribution in [0.5, 0.6) is 0 Å². The third kappa shape index (κ3) is 5.31. The van der Waals surface area contributed by atoms with Crippen LogP contribution in [-0.4, -0.2) is 44.3 Å². The summed E-state index contributed by atoms with van der Waals surface area (Å²) in [4.78, 5) is 23.0. The Morgan fingerprint density at radius 3 is 2.04 bits per heavy atom. The van der Waals surface area contributed by atoms with E-state index in [1.165, 1.54) is 28.6 Å². The van der Waals surface area contributed by atoms with Gasteiger partial charge >= 0.3 is 11.9 Å². The van der Waals surface area contributed by atoms with E-state index in [2.05, 4.69) is 10.1 Å². The molecule has 1 aromatic carbocycles. The van der Waals surface area contributed by atoms with Gasteiger partial charge in [0.15, 0.2) is 0 Å². The molecule has 0 aliphatic rings. The molecule has 0 aromatic heterocycles. The zero-order valence-corrected chi connectivity index (χ0v) is 15.1. The van der Waals surface area contributed by atoms with E-state index in [1.54, 1.807) is 6.92 Å². The van der Waals surface area contributed by atoms with E-state index >= 15 is 0 Å². The Labute approximate surface area is 143 Å². The lowest BCUT2D eigenvalue weighted by atomic mass is 10.3. The average molecular weight is 356 g/mol. The molecule has 0 atom stereocenters. The van der Waals surface area contributed by atoms with E-state index < -0.39 is 21.9 Å². The SMILES string of the molecule is CCCN(CCC)S(=O)(=O)c1ccc(NC(=O)C(=O)OCC)cc1. The topological polar surface area (TPSA) is 92.8 Å². The predicted molar refractivity (Wildman–Crippen MR) is 91.0 cm³/mol. The number of sulfonamides is 1. The van der Waals surface area contributed by atoms with Gasteiger partial charge in [0.1, 0.15) is 0 Å². The maximum atomic E-state index is 12.6. The standard InChI is InChI=1S/C16H24N2O5S/c1-4-11-18(12-5-2)24(21,22)14-9-7-13(8-10-14)17-15(19)16(20)23-6-3/h7-10H,4-6,11-12H2,1-3H3,(H,17,19). The molecule has 1 amide bonds. The second kappa shape index (κ2) is 9.39. The number of hydrogen-bond donors (Lipinski definition) is 1. The molecule has 1 N–H and O–H groups in total. The van der Waals surface area contributed by atoms with Gasteiger partial charge in [-0.3, -0.25) is 4.79 Å². The van der Waals surface area contributed by atoms with Crippen LogP contribution in [0.4, 0.5) is 5.69 Å². The van der Waals surface area contributed by atoms with Gasteiger partial charge in [0, 0.05) is 18.8 Å². The zero-order valence-electron chi connectivity index (χ0n) is 14.2. The Morgan fingerprint density at radius 2 is 1.58 bits per heavy atom. The first-order valence-corrected chi connectivity index (χ1v) is 9.39. The van der Waals surface area contributed by atoms with E-state index in [0.717, 1.165) is 12.8 Å². The maximum Gasteiger partial charge on any atom is 0.397 e. The van der Waals surface area contributed by atoms with Crippen molar-refractivity contribution in [1.82, 2.24) is 4.31 Å². The zero-order chi connectivity index (χ0) is 18.2. The third-order valence-corrected chi connectivity index (χ3v) is 5.07. The number of carbonyl (C=O) groups excluding carboxylic acids is 2. The smallest absolute Gasteiger partial charge is 0.397 e. The summed E-state index contributed by atoms with van der Waals surface area (Å²) in [5.74, 6) is -1.88. The van der Waals surface area contributed by atoms with Crippen molar-refractivity contribution in [2.75, 3.05) is 25.0 Å². The van der Waals surface area contributed by atoms with Gasteiger partial charge in [-0.25, -0.2) is 13.2 Å². The van der Waals surface area contributed by atoms with Crippen LogP contribution in [0, 0.1) is 0 Å². The Bertz CT molecular complexity index is 650. The molecule has 0 aliphatic heterocycles. The van der Waals surface area contributed by atoms with Gasteiger partial charge in [0.25, 0.3) is 0 Å². The van der Waals surface area contributed by atoms with Crippen LogP contribution in [0.15, 0.2) is 29.2 Å². The van der Waals surface area contributed by atoms with E-state index in [4.69, 9.17) is 0 Å². The summed E-state index contributed by atoms with van der Waals surface area (Å²) in [5.41, 5.74) is 0.324. The van der Waals surface area contributed by atoms with Gasteiger partial charge in [0.05, 0.1) is 11.5 Å². The summed E-state index contributed by atoms with van der Waals surface area (Å²) in [6.45, 7) is 6.46. The molecule has 0 fully saturated rings. The quantitative estimate of drug-likeness (QED) is 0.568. The summed E-state index contributed by atoms with van der Waals surface area (Å²) in [7, 11) is -3.57. The number of amides is 1. The van der Waals surface area contributed by atoms with Crippen molar-refractivity contribution >= 4 is 27.6 Å². The number of ether oxygens (including phenoxy) is 1. The van der Waals surface area contributed by atoms with Crippen LogP contribution in [0.25, 0.3) is 0 Å². The van der Waals surface area contributed by atoms with Crippen molar-refractivity contribution in [1.29, 1.82) is 0 Å². The van der Waals surface area contributed by atoms with E-state index in [0.29, 0.717) is 18.8 Å². The molecule has 0 saturated heterocycles. The van der Waals surface area contributed by atoms with Crippen molar-refractivity contribution < 1.29 is 22.7 Å². The van der Waals surface area contributed by atoms with Crippen LogP contribution in [0.3, 0.4) is 0 Å². The lowest BCUT2D eigenvalue weighted by molar-refractivity contribution is -0.152. The second-order valence-electron chi connectivity index (χ2n) is 5.10. The fourth-order valence-electron chi connectivity index (χ4n) is 2.09. The van der Waals surface area contributed by atoms with Crippen molar-refractivity contribution in [3.05, 3.63) is 24.3 Å². The fourth-order valence-corrected chi connectivity index (χ4v) is 3.71. The molecule has 1 rings (SSSR count). The summed E-state index contributed by atoms with van der Waals surface area (Å²) in [6.07, 6.45) is 1.46. The molecule has 134 valence electrons. The number of benzene rings is 1. The number of rotatable bonds is 8. The first-order valence-electron chi connectivity index (χ1n) is 7.95. The first kappa shape index (κ1) is 20.1. The molecule has 0 bridgehead atoms. The highest BCUT2D eigenvalue weighted by Gasteiger charge is 2.23. The number of carbonyl (C=O) groups is 2. The van der Waals surface area contributed by atoms with E-state index in [1.807, 2.05) is 13.8 Å². The summed E-state index contributed by atoms with van der Waals surface area (Å²) in [5, 5.41) is 2.36. The molecular formula is C16H24N2O5S. The van der Waals surface area contributed by atoms with Gasteiger partial charge in [-0.1, -0.05) is 13.8 Å². The number of nitrogens with one attached hydrogen (secondary N) is 1. The largest absolute Gasteiger partial charge is 0.459 e. The van der Waals surface area contributed by atoms with E-state index in [-0.39, 0.29) is 11.5 Å². The van der Waals surface area contributed by atoms with Crippen molar-refractivity contribution in [2.45, 2.75) is 38.5 Å². The highest BCUT2D eigenvalue weighted by atomic mass is 32.2. The molecule has 0 unspecified atom stereocenters. The first-order chi connectivity index (χ1) is 11.4. The van der Waals surface area contributed by atoms with E-state index in [9.17, 15) is 18.0 Å². The minimum Gasteiger partial charge on any atom is -0.459 e. The van der Waals surface area contributed by atoms with Crippen LogP contribution in [0.1, 0.15) is 33.6 Å². The highest BCUT2D eigenvalue weighted by Crippen LogP contribution is 2.19. The number of hydrogen-bond acceptors (Lipinski definition) is 5. The minimum atomic E-state index is -3.57. The van der Waals surface area contributed by atoms with Gasteiger partial charge < -0.3 is 10.1 Å². The molecule has 0 saturated carbocycles. The molecule has 0 heterocycles. The average Bonchev–Trinajstić information content (AvgIpc) is 2.55. The summed E-state index contributed by atoms with van der Waals surface area (Å²) in [6, 6.07) is 5.71. The Hall–Kier alpha value is -1.93. The number of nitrogens with zero attached hydrogens (tertiary/aromatic N) is 1. The predicted octanol–water partition coefficient (Wildman–Crippen LogP) is 2.00. The second-order valence-corrected chi connectivity index (χ2v) is 7.04. The van der Waals surface area contributed by atoms with Crippen LogP contribution >= 0.6 is 0 Å². The van der Waals surface area contributed by atoms with Crippen LogP contribution in [-0.2, 0) is 24.3 Å². The van der Waals surface area contributed by atoms with Crippen LogP contribution < -0.4 is 5.32 Å². The number of esters is 1. The van der Waals surface area contributed by atoms with Gasteiger partial charge in [0.2, 0.25) is 10.0 Å². The minimum absolute atomic E-state index is 0.105. The lowest BCUT2D eigenvalue weighted by Gasteiger charge is -2.21. The molecule has 0 aliphatic carbocycles. The molecular weight excluding hydrogens is 332 g/mol. The van der Waals surface area contributed by atoms with Crippen molar-refractivity contribution in [3.63, 3.8) is 0 Å². The van der Waals surface area contributed by atoms with Crippen LogP contribution in [0.2, 0.25) is 0 Å². The highest BCUT2D eigenvalue weighted by molar-refractivity contribution is 7.89. The monoisotopic (exact) mass is 356 g/mol. The number of anilines is 1. The summed E-state index contributed by atoms with van der Waals surface area (Å²) >= 11 is 0. The normalized spacial score (nSPS) is 11.3. The Kier molecular flexibility index (Phi) is 7.87. The molecule has 24 heavy (non-hydrogen) atoms. The molecule has 1 aromatic rings.